The van der Waals surface area contributed by atoms with Crippen molar-refractivity contribution in [3.63, 3.8) is 0 Å². The van der Waals surface area contributed by atoms with Crippen molar-refractivity contribution < 1.29 is 4.79 Å². The van der Waals surface area contributed by atoms with Crippen LogP contribution in [0.2, 0.25) is 0 Å². The molecule has 3 rings (SSSR count). The van der Waals surface area contributed by atoms with Crippen LogP contribution in [-0.4, -0.2) is 39.6 Å². The van der Waals surface area contributed by atoms with E-state index >= 15 is 0 Å². The van der Waals surface area contributed by atoms with Gasteiger partial charge in [-0.25, -0.2) is 4.98 Å². The fourth-order valence-electron chi connectivity index (χ4n) is 3.00. The fourth-order valence-corrected chi connectivity index (χ4v) is 3.00. The summed E-state index contributed by atoms with van der Waals surface area (Å²) in [6.07, 6.45) is 1.48. The molecule has 0 radical (unpaired) electrons. The average Bonchev–Trinajstić information content (AvgIpc) is 3.15. The monoisotopic (exact) mass is 349 g/mol. The zero-order valence-electron chi connectivity index (χ0n) is 15.0. The van der Waals surface area contributed by atoms with Gasteiger partial charge in [-0.2, -0.15) is 5.10 Å². The lowest BCUT2D eigenvalue weighted by atomic mass is 10.1. The van der Waals surface area contributed by atoms with Crippen LogP contribution in [0.5, 0.6) is 0 Å². The molecule has 6 heteroatoms. The summed E-state index contributed by atoms with van der Waals surface area (Å²) in [6, 6.07) is 17.9. The van der Waals surface area contributed by atoms with E-state index in [0.29, 0.717) is 12.4 Å². The lowest BCUT2D eigenvalue weighted by molar-refractivity contribution is -0.122. The summed E-state index contributed by atoms with van der Waals surface area (Å²) < 4.78 is 0. The van der Waals surface area contributed by atoms with Crippen molar-refractivity contribution in [2.75, 3.05) is 13.6 Å². The maximum absolute atomic E-state index is 12.4. The van der Waals surface area contributed by atoms with Crippen LogP contribution in [0.3, 0.4) is 0 Å². The predicted octanol–water partition coefficient (Wildman–Crippen LogP) is 2.45. The number of benzene rings is 2. The number of hydrogen-bond acceptors (Lipinski definition) is 4. The minimum Gasteiger partial charge on any atom is -0.351 e. The smallest absolute Gasteiger partial charge is 0.234 e. The molecule has 2 aromatic carbocycles. The molecule has 0 saturated heterocycles. The van der Waals surface area contributed by atoms with Gasteiger partial charge in [-0.1, -0.05) is 60.2 Å². The lowest BCUT2D eigenvalue weighted by Crippen LogP contribution is -2.37. The molecule has 1 unspecified atom stereocenters. The number of nitrogens with one attached hydrogen (secondary N) is 2. The maximum Gasteiger partial charge on any atom is 0.234 e. The number of carbonyl (C=O) groups excluding carboxylic acids is 1. The number of rotatable bonds is 7. The van der Waals surface area contributed by atoms with Gasteiger partial charge in [0.2, 0.25) is 5.91 Å². The van der Waals surface area contributed by atoms with Crippen molar-refractivity contribution in [1.29, 1.82) is 0 Å². The minimum absolute atomic E-state index is 0.0329. The summed E-state index contributed by atoms with van der Waals surface area (Å²) in [5.74, 6) is 0.680. The molecule has 0 aliphatic carbocycles. The number of likely N-dealkylation sites (N-methyl/N-ethyl adjacent to an activating group) is 1. The summed E-state index contributed by atoms with van der Waals surface area (Å²) in [5.41, 5.74) is 3.33. The van der Waals surface area contributed by atoms with Crippen LogP contribution in [0.15, 0.2) is 60.9 Å². The zero-order valence-corrected chi connectivity index (χ0v) is 15.0. The van der Waals surface area contributed by atoms with Crippen molar-refractivity contribution in [2.24, 2.45) is 0 Å². The standard InChI is InChI=1S/C20H23N5O/c1-15-7-6-8-16(11-15)12-21-18(26)13-25(2)19(20-22-14-23-24-20)17-9-4-3-5-10-17/h3-11,14,19H,12-13H2,1-2H3,(H,21,26)(H,22,23,24). The highest BCUT2D eigenvalue weighted by molar-refractivity contribution is 5.78. The van der Waals surface area contributed by atoms with Gasteiger partial charge in [0.15, 0.2) is 0 Å². The summed E-state index contributed by atoms with van der Waals surface area (Å²) in [6.45, 7) is 2.82. The molecule has 2 N–H and O–H groups in total. The van der Waals surface area contributed by atoms with E-state index in [1.807, 2.05) is 67.4 Å². The van der Waals surface area contributed by atoms with E-state index in [1.54, 1.807) is 0 Å². The Morgan fingerprint density at radius 2 is 2.00 bits per heavy atom. The van der Waals surface area contributed by atoms with Crippen LogP contribution in [0, 0.1) is 6.92 Å². The largest absolute Gasteiger partial charge is 0.351 e. The molecule has 1 heterocycles. The Hall–Kier alpha value is -2.99. The van der Waals surface area contributed by atoms with E-state index in [2.05, 4.69) is 26.6 Å². The summed E-state index contributed by atoms with van der Waals surface area (Å²) in [5, 5.41) is 9.85. The topological polar surface area (TPSA) is 73.9 Å². The summed E-state index contributed by atoms with van der Waals surface area (Å²) in [7, 11) is 1.91. The molecule has 0 aliphatic heterocycles. The quantitative estimate of drug-likeness (QED) is 0.687. The highest BCUT2D eigenvalue weighted by atomic mass is 16.2. The highest BCUT2D eigenvalue weighted by Crippen LogP contribution is 2.24. The molecule has 0 fully saturated rings. The van der Waals surface area contributed by atoms with Gasteiger partial charge in [0.1, 0.15) is 12.2 Å². The molecule has 1 amide bonds. The van der Waals surface area contributed by atoms with Gasteiger partial charge in [0, 0.05) is 6.54 Å². The summed E-state index contributed by atoms with van der Waals surface area (Å²) in [4.78, 5) is 18.7. The van der Waals surface area contributed by atoms with Crippen molar-refractivity contribution in [1.82, 2.24) is 25.4 Å². The van der Waals surface area contributed by atoms with Crippen LogP contribution < -0.4 is 5.32 Å². The van der Waals surface area contributed by atoms with Gasteiger partial charge in [-0.15, -0.1) is 0 Å². The number of hydrogen-bond donors (Lipinski definition) is 2. The molecule has 3 aromatic rings. The second-order valence-electron chi connectivity index (χ2n) is 6.36. The van der Waals surface area contributed by atoms with Crippen LogP contribution in [0.25, 0.3) is 0 Å². The van der Waals surface area contributed by atoms with E-state index in [4.69, 9.17) is 0 Å². The van der Waals surface area contributed by atoms with Crippen molar-refractivity contribution >= 4 is 5.91 Å². The molecule has 0 aliphatic rings. The predicted molar refractivity (Wildman–Crippen MR) is 100 cm³/mol. The van der Waals surface area contributed by atoms with Gasteiger partial charge >= 0.3 is 0 Å². The molecule has 0 saturated carbocycles. The highest BCUT2D eigenvalue weighted by Gasteiger charge is 2.23. The zero-order chi connectivity index (χ0) is 18.4. The van der Waals surface area contributed by atoms with Crippen LogP contribution >= 0.6 is 0 Å². The third-order valence-corrected chi connectivity index (χ3v) is 4.21. The second kappa shape index (κ2) is 8.40. The number of aromatic nitrogens is 3. The SMILES string of the molecule is Cc1cccc(CNC(=O)CN(C)C(c2ccccc2)c2ncn[nH]2)c1. The average molecular weight is 349 g/mol. The Morgan fingerprint density at radius 3 is 2.69 bits per heavy atom. The first-order chi connectivity index (χ1) is 12.6. The van der Waals surface area contributed by atoms with Crippen molar-refractivity contribution in [3.05, 3.63) is 83.4 Å². The first-order valence-electron chi connectivity index (χ1n) is 8.56. The molecule has 26 heavy (non-hydrogen) atoms. The van der Waals surface area contributed by atoms with E-state index < -0.39 is 0 Å². The number of carbonyl (C=O) groups is 1. The van der Waals surface area contributed by atoms with Gasteiger partial charge < -0.3 is 5.32 Å². The summed E-state index contributed by atoms with van der Waals surface area (Å²) >= 11 is 0. The molecule has 134 valence electrons. The third-order valence-electron chi connectivity index (χ3n) is 4.21. The molecular formula is C20H23N5O. The van der Waals surface area contributed by atoms with Gasteiger partial charge in [-0.3, -0.25) is 14.8 Å². The van der Waals surface area contributed by atoms with Crippen LogP contribution in [0.4, 0.5) is 0 Å². The van der Waals surface area contributed by atoms with Crippen molar-refractivity contribution in [2.45, 2.75) is 19.5 Å². The molecule has 0 bridgehead atoms. The Balaban J connectivity index is 1.66. The van der Waals surface area contributed by atoms with E-state index in [9.17, 15) is 4.79 Å². The Labute approximate surface area is 153 Å². The molecule has 0 spiro atoms. The minimum atomic E-state index is -0.164. The lowest BCUT2D eigenvalue weighted by Gasteiger charge is -2.26. The Bertz CT molecular complexity index is 832. The number of aromatic amines is 1. The van der Waals surface area contributed by atoms with Crippen molar-refractivity contribution in [3.8, 4) is 0 Å². The van der Waals surface area contributed by atoms with Crippen LogP contribution in [-0.2, 0) is 11.3 Å². The van der Waals surface area contributed by atoms with Gasteiger partial charge in [0.25, 0.3) is 0 Å². The van der Waals surface area contributed by atoms with Crippen LogP contribution in [0.1, 0.15) is 28.6 Å². The Morgan fingerprint density at radius 1 is 1.19 bits per heavy atom. The molecular weight excluding hydrogens is 326 g/mol. The fraction of sp³-hybridized carbons (Fsp3) is 0.250. The number of H-pyrrole nitrogens is 1. The molecule has 6 nitrogen and oxygen atoms in total. The molecule has 1 atom stereocenters. The molecule has 1 aromatic heterocycles. The van der Waals surface area contributed by atoms with E-state index in [-0.39, 0.29) is 18.5 Å². The number of aryl methyl sites for hydroxylation is 1. The van der Waals surface area contributed by atoms with Gasteiger partial charge in [0.05, 0.1) is 12.6 Å². The number of amides is 1. The second-order valence-corrected chi connectivity index (χ2v) is 6.36. The number of nitrogens with zero attached hydrogens (tertiary/aromatic N) is 3. The first-order valence-corrected chi connectivity index (χ1v) is 8.56. The van der Waals surface area contributed by atoms with E-state index in [1.165, 1.54) is 11.9 Å². The first kappa shape index (κ1) is 17.8. The van der Waals surface area contributed by atoms with Gasteiger partial charge in [-0.05, 0) is 25.1 Å². The third kappa shape index (κ3) is 4.55. The Kier molecular flexibility index (Phi) is 5.76. The maximum atomic E-state index is 12.4. The normalized spacial score (nSPS) is 12.1. The van der Waals surface area contributed by atoms with E-state index in [0.717, 1.165) is 11.1 Å².